The van der Waals surface area contributed by atoms with Gasteiger partial charge in [0, 0.05) is 24.6 Å². The van der Waals surface area contributed by atoms with Gasteiger partial charge in [-0.05, 0) is 19.8 Å². The van der Waals surface area contributed by atoms with Crippen molar-refractivity contribution >= 4 is 10.2 Å². The van der Waals surface area contributed by atoms with E-state index in [9.17, 15) is 8.42 Å². The van der Waals surface area contributed by atoms with Crippen molar-refractivity contribution < 1.29 is 12.9 Å². The predicted molar refractivity (Wildman–Crippen MR) is 81.1 cm³/mol. The van der Waals surface area contributed by atoms with E-state index >= 15 is 0 Å². The molecule has 0 saturated carbocycles. The van der Waals surface area contributed by atoms with Gasteiger partial charge in [0.1, 0.15) is 0 Å². The van der Waals surface area contributed by atoms with Crippen molar-refractivity contribution in [1.82, 2.24) is 14.4 Å². The normalized spacial score (nSPS) is 17.7. The molecule has 8 heteroatoms. The summed E-state index contributed by atoms with van der Waals surface area (Å²) in [4.78, 5) is 4.44. The molecule has 1 aromatic carbocycles. The van der Waals surface area contributed by atoms with E-state index < -0.39 is 10.2 Å². The van der Waals surface area contributed by atoms with Crippen LogP contribution in [0.25, 0.3) is 11.4 Å². The maximum absolute atomic E-state index is 11.3. The Kier molecular flexibility index (Phi) is 3.98. The van der Waals surface area contributed by atoms with Crippen molar-refractivity contribution in [2.75, 3.05) is 13.1 Å². The van der Waals surface area contributed by atoms with Gasteiger partial charge in [-0.2, -0.15) is 17.7 Å². The minimum absolute atomic E-state index is 0.0738. The minimum Gasteiger partial charge on any atom is -0.339 e. The van der Waals surface area contributed by atoms with Crippen LogP contribution in [0.3, 0.4) is 0 Å². The van der Waals surface area contributed by atoms with Crippen LogP contribution in [0.4, 0.5) is 0 Å². The smallest absolute Gasteiger partial charge is 0.276 e. The van der Waals surface area contributed by atoms with Crippen LogP contribution in [0.1, 0.15) is 30.2 Å². The maximum atomic E-state index is 11.3. The van der Waals surface area contributed by atoms with Gasteiger partial charge in [-0.25, -0.2) is 5.14 Å². The molecule has 1 fully saturated rings. The van der Waals surface area contributed by atoms with Crippen LogP contribution in [0.5, 0.6) is 0 Å². The zero-order chi connectivity index (χ0) is 15.7. The molecule has 3 rings (SSSR count). The second-order valence-corrected chi connectivity index (χ2v) is 7.09. The van der Waals surface area contributed by atoms with E-state index in [0.29, 0.717) is 37.6 Å². The monoisotopic (exact) mass is 322 g/mol. The highest BCUT2D eigenvalue weighted by Crippen LogP contribution is 2.29. The van der Waals surface area contributed by atoms with Gasteiger partial charge in [-0.3, -0.25) is 0 Å². The van der Waals surface area contributed by atoms with Crippen molar-refractivity contribution in [3.63, 3.8) is 0 Å². The van der Waals surface area contributed by atoms with Gasteiger partial charge in [-0.1, -0.05) is 35.0 Å². The molecule has 1 saturated heterocycles. The van der Waals surface area contributed by atoms with Crippen molar-refractivity contribution in [1.29, 1.82) is 0 Å². The van der Waals surface area contributed by atoms with Crippen LogP contribution in [0.2, 0.25) is 0 Å². The highest BCUT2D eigenvalue weighted by atomic mass is 32.2. The Hall–Kier alpha value is -1.77. The fourth-order valence-electron chi connectivity index (χ4n) is 2.58. The number of nitrogens with two attached hydrogens (primary N) is 1. The largest absolute Gasteiger partial charge is 0.339 e. The predicted octanol–water partition coefficient (Wildman–Crippen LogP) is 1.43. The third-order valence-electron chi connectivity index (χ3n) is 3.91. The molecular formula is C14H18N4O3S. The minimum atomic E-state index is -3.61. The van der Waals surface area contributed by atoms with Crippen LogP contribution in [-0.4, -0.2) is 36.0 Å². The molecule has 7 nitrogen and oxygen atoms in total. The lowest BCUT2D eigenvalue weighted by Gasteiger charge is -2.27. The quantitative estimate of drug-likeness (QED) is 0.921. The highest BCUT2D eigenvalue weighted by molar-refractivity contribution is 7.86. The summed E-state index contributed by atoms with van der Waals surface area (Å²) in [6.07, 6.45) is 1.26. The highest BCUT2D eigenvalue weighted by Gasteiger charge is 2.29. The number of hydrogen-bond donors (Lipinski definition) is 1. The third kappa shape index (κ3) is 3.18. The molecule has 0 bridgehead atoms. The SMILES string of the molecule is Cc1ccc(-c2noc(C3CCN(S(N)(=O)=O)CC3)n2)cc1. The summed E-state index contributed by atoms with van der Waals surface area (Å²) in [7, 11) is -3.61. The second-order valence-electron chi connectivity index (χ2n) is 5.54. The molecule has 2 heterocycles. The maximum Gasteiger partial charge on any atom is 0.276 e. The van der Waals surface area contributed by atoms with Crippen molar-refractivity contribution in [3.8, 4) is 11.4 Å². The van der Waals surface area contributed by atoms with Gasteiger partial charge < -0.3 is 4.52 Å². The topological polar surface area (TPSA) is 102 Å². The van der Waals surface area contributed by atoms with Crippen molar-refractivity contribution in [2.45, 2.75) is 25.7 Å². The molecule has 2 aromatic rings. The summed E-state index contributed by atoms with van der Waals surface area (Å²) in [5, 5.41) is 9.15. The Balaban J connectivity index is 1.71. The first-order chi connectivity index (χ1) is 10.4. The molecule has 2 N–H and O–H groups in total. The van der Waals surface area contributed by atoms with Crippen molar-refractivity contribution in [3.05, 3.63) is 35.7 Å². The third-order valence-corrected chi connectivity index (χ3v) is 5.00. The van der Waals surface area contributed by atoms with E-state index in [2.05, 4.69) is 10.1 Å². The summed E-state index contributed by atoms with van der Waals surface area (Å²) in [5.41, 5.74) is 2.07. The standard InChI is InChI=1S/C14H18N4O3S/c1-10-2-4-11(5-3-10)13-16-14(21-17-13)12-6-8-18(9-7-12)22(15,19)20/h2-5,12H,6-9H2,1H3,(H2,15,19,20). The molecule has 0 aliphatic carbocycles. The first-order valence-electron chi connectivity index (χ1n) is 7.12. The molecule has 0 radical (unpaired) electrons. The fraction of sp³-hybridized carbons (Fsp3) is 0.429. The molecular weight excluding hydrogens is 304 g/mol. The van der Waals surface area contributed by atoms with Gasteiger partial charge in [0.15, 0.2) is 0 Å². The van der Waals surface area contributed by atoms with E-state index in [0.717, 1.165) is 5.56 Å². The first-order valence-corrected chi connectivity index (χ1v) is 8.62. The Labute approximate surface area is 129 Å². The van der Waals surface area contributed by atoms with Crippen LogP contribution in [0.15, 0.2) is 28.8 Å². The lowest BCUT2D eigenvalue weighted by molar-refractivity contribution is 0.271. The van der Waals surface area contributed by atoms with Gasteiger partial charge in [0.25, 0.3) is 10.2 Å². The summed E-state index contributed by atoms with van der Waals surface area (Å²) >= 11 is 0. The number of hydrogen-bond acceptors (Lipinski definition) is 5. The van der Waals surface area contributed by atoms with E-state index in [1.165, 1.54) is 9.87 Å². The molecule has 1 aliphatic heterocycles. The van der Waals surface area contributed by atoms with Gasteiger partial charge in [0.05, 0.1) is 0 Å². The summed E-state index contributed by atoms with van der Waals surface area (Å²) in [6.45, 7) is 2.78. The average Bonchev–Trinajstić information content (AvgIpc) is 2.97. The van der Waals surface area contributed by atoms with E-state index in [4.69, 9.17) is 9.66 Å². The summed E-state index contributed by atoms with van der Waals surface area (Å²) in [6, 6.07) is 7.90. The number of rotatable bonds is 3. The molecule has 0 atom stereocenters. The van der Waals surface area contributed by atoms with Crippen molar-refractivity contribution in [2.24, 2.45) is 5.14 Å². The lowest BCUT2D eigenvalue weighted by atomic mass is 9.98. The van der Waals surface area contributed by atoms with Crippen LogP contribution in [0, 0.1) is 6.92 Å². The first kappa shape index (κ1) is 15.1. The second kappa shape index (κ2) is 5.79. The summed E-state index contributed by atoms with van der Waals surface area (Å²) in [5.74, 6) is 1.19. The Bertz CT molecular complexity index is 747. The zero-order valence-corrected chi connectivity index (χ0v) is 13.1. The molecule has 1 aromatic heterocycles. The molecule has 22 heavy (non-hydrogen) atoms. The number of nitrogens with zero attached hydrogens (tertiary/aromatic N) is 3. The van der Waals surface area contributed by atoms with E-state index in [-0.39, 0.29) is 5.92 Å². The lowest BCUT2D eigenvalue weighted by Crippen LogP contribution is -2.41. The molecule has 0 spiro atoms. The number of benzene rings is 1. The van der Waals surface area contributed by atoms with Crippen LogP contribution in [-0.2, 0) is 10.2 Å². The van der Waals surface area contributed by atoms with Gasteiger partial charge >= 0.3 is 0 Å². The van der Waals surface area contributed by atoms with Crippen LogP contribution < -0.4 is 5.14 Å². The Morgan fingerprint density at radius 2 is 1.86 bits per heavy atom. The Morgan fingerprint density at radius 3 is 2.45 bits per heavy atom. The zero-order valence-electron chi connectivity index (χ0n) is 12.3. The molecule has 0 amide bonds. The van der Waals surface area contributed by atoms with E-state index in [1.807, 2.05) is 31.2 Å². The molecule has 1 aliphatic rings. The fourth-order valence-corrected chi connectivity index (χ4v) is 3.30. The number of aryl methyl sites for hydroxylation is 1. The molecule has 118 valence electrons. The Morgan fingerprint density at radius 1 is 1.23 bits per heavy atom. The summed E-state index contributed by atoms with van der Waals surface area (Å²) < 4.78 is 29.2. The van der Waals surface area contributed by atoms with Crippen LogP contribution >= 0.6 is 0 Å². The van der Waals surface area contributed by atoms with E-state index in [1.54, 1.807) is 0 Å². The average molecular weight is 322 g/mol. The molecule has 0 unspecified atom stereocenters. The van der Waals surface area contributed by atoms with Gasteiger partial charge in [-0.15, -0.1) is 0 Å². The number of piperidine rings is 1. The van der Waals surface area contributed by atoms with Gasteiger partial charge in [0.2, 0.25) is 11.7 Å². The number of aromatic nitrogens is 2.